The maximum Gasteiger partial charge on any atom is 0.119 e. The van der Waals surface area contributed by atoms with E-state index in [1.807, 2.05) is 44.2 Å². The van der Waals surface area contributed by atoms with Crippen LogP contribution < -0.4 is 16.0 Å². The van der Waals surface area contributed by atoms with Gasteiger partial charge in [-0.3, -0.25) is 11.3 Å². The van der Waals surface area contributed by atoms with E-state index < -0.39 is 0 Å². The van der Waals surface area contributed by atoms with Gasteiger partial charge in [0, 0.05) is 0 Å². The van der Waals surface area contributed by atoms with Gasteiger partial charge in [-0.1, -0.05) is 18.2 Å². The van der Waals surface area contributed by atoms with Crippen LogP contribution in [0.1, 0.15) is 13.8 Å². The molecule has 3 N–H and O–H groups in total. The molecule has 0 radical (unpaired) electrons. The van der Waals surface area contributed by atoms with Crippen LogP contribution in [0.4, 0.5) is 0 Å². The average Bonchev–Trinajstić information content (AvgIpc) is 2.17. The summed E-state index contributed by atoms with van der Waals surface area (Å²) in [5.74, 6) is 6.21. The number of rotatable bonds is 4. The largest absolute Gasteiger partial charge is 0.492 e. The quantitative estimate of drug-likeness (QED) is 0.542. The van der Waals surface area contributed by atoms with Crippen molar-refractivity contribution < 1.29 is 4.74 Å². The van der Waals surface area contributed by atoms with Crippen molar-refractivity contribution in [2.75, 3.05) is 6.61 Å². The third-order valence-electron chi connectivity index (χ3n) is 1.73. The van der Waals surface area contributed by atoms with Crippen molar-refractivity contribution in [3.8, 4) is 5.75 Å². The van der Waals surface area contributed by atoms with Gasteiger partial charge in [0.1, 0.15) is 12.4 Å². The van der Waals surface area contributed by atoms with Crippen molar-refractivity contribution in [2.24, 2.45) is 5.84 Å². The molecule has 0 saturated carbocycles. The highest BCUT2D eigenvalue weighted by Gasteiger charge is 2.15. The van der Waals surface area contributed by atoms with Crippen LogP contribution in [0.3, 0.4) is 0 Å². The highest BCUT2D eigenvalue weighted by atomic mass is 16.5. The SMILES string of the molecule is CC(C)(COc1ccccc1)NN. The Morgan fingerprint density at radius 3 is 2.46 bits per heavy atom. The molecule has 0 bridgehead atoms. The Kier molecular flexibility index (Phi) is 3.28. The molecule has 0 amide bonds. The fraction of sp³-hybridized carbons (Fsp3) is 0.400. The van der Waals surface area contributed by atoms with E-state index in [1.54, 1.807) is 0 Å². The Morgan fingerprint density at radius 1 is 1.31 bits per heavy atom. The Balaban J connectivity index is 2.44. The van der Waals surface area contributed by atoms with Crippen molar-refractivity contribution in [3.05, 3.63) is 30.3 Å². The number of hydrazine groups is 1. The highest BCUT2D eigenvalue weighted by molar-refractivity contribution is 5.21. The van der Waals surface area contributed by atoms with Crippen LogP contribution in [0.25, 0.3) is 0 Å². The monoisotopic (exact) mass is 180 g/mol. The first kappa shape index (κ1) is 10.0. The molecule has 1 aromatic rings. The number of para-hydroxylation sites is 1. The molecule has 3 nitrogen and oxygen atoms in total. The summed E-state index contributed by atoms with van der Waals surface area (Å²) in [7, 11) is 0. The number of hydrogen-bond acceptors (Lipinski definition) is 3. The minimum atomic E-state index is -0.199. The molecule has 0 saturated heterocycles. The number of nitrogens with two attached hydrogens (primary N) is 1. The lowest BCUT2D eigenvalue weighted by Gasteiger charge is -2.23. The van der Waals surface area contributed by atoms with Crippen LogP contribution in [0.5, 0.6) is 5.75 Å². The zero-order valence-electron chi connectivity index (χ0n) is 8.08. The minimum Gasteiger partial charge on any atom is -0.492 e. The molecule has 1 rings (SSSR count). The topological polar surface area (TPSA) is 47.3 Å². The summed E-state index contributed by atoms with van der Waals surface area (Å²) < 4.78 is 5.52. The van der Waals surface area contributed by atoms with Gasteiger partial charge in [-0.15, -0.1) is 0 Å². The second kappa shape index (κ2) is 4.25. The van der Waals surface area contributed by atoms with Gasteiger partial charge < -0.3 is 4.74 Å². The molecule has 3 heteroatoms. The first-order chi connectivity index (χ1) is 6.14. The van der Waals surface area contributed by atoms with Gasteiger partial charge in [-0.05, 0) is 26.0 Å². The maximum atomic E-state index is 5.52. The van der Waals surface area contributed by atoms with E-state index in [0.717, 1.165) is 5.75 Å². The lowest BCUT2D eigenvalue weighted by molar-refractivity contribution is 0.210. The zero-order chi connectivity index (χ0) is 9.73. The lowest BCUT2D eigenvalue weighted by Crippen LogP contribution is -2.48. The van der Waals surface area contributed by atoms with Crippen LogP contribution in [0.15, 0.2) is 30.3 Å². The van der Waals surface area contributed by atoms with Gasteiger partial charge in [-0.2, -0.15) is 0 Å². The molecule has 1 aromatic carbocycles. The normalized spacial score (nSPS) is 11.3. The predicted octanol–water partition coefficient (Wildman–Crippen LogP) is 1.31. The predicted molar refractivity (Wildman–Crippen MR) is 53.3 cm³/mol. The van der Waals surface area contributed by atoms with Gasteiger partial charge in [0.2, 0.25) is 0 Å². The lowest BCUT2D eigenvalue weighted by atomic mass is 10.1. The summed E-state index contributed by atoms with van der Waals surface area (Å²) in [6.45, 7) is 4.51. The molecule has 0 heterocycles. The van der Waals surface area contributed by atoms with E-state index in [2.05, 4.69) is 5.43 Å². The molecule has 0 aliphatic rings. The Labute approximate surface area is 78.9 Å². The number of benzene rings is 1. The van der Waals surface area contributed by atoms with Crippen molar-refractivity contribution in [1.29, 1.82) is 0 Å². The second-order valence-corrected chi connectivity index (χ2v) is 3.63. The molecular formula is C10H16N2O. The number of nitrogens with one attached hydrogen (secondary N) is 1. The molecule has 0 fully saturated rings. The third-order valence-corrected chi connectivity index (χ3v) is 1.73. The smallest absolute Gasteiger partial charge is 0.119 e. The van der Waals surface area contributed by atoms with Crippen LogP contribution in [-0.2, 0) is 0 Å². The molecule has 0 aromatic heterocycles. The maximum absolute atomic E-state index is 5.52. The zero-order valence-corrected chi connectivity index (χ0v) is 8.08. The fourth-order valence-electron chi connectivity index (χ4n) is 0.822. The standard InChI is InChI=1S/C10H16N2O/c1-10(2,12-11)8-13-9-6-4-3-5-7-9/h3-7,12H,8,11H2,1-2H3. The molecule has 0 unspecified atom stereocenters. The van der Waals surface area contributed by atoms with E-state index in [0.29, 0.717) is 6.61 Å². The van der Waals surface area contributed by atoms with Gasteiger partial charge in [0.15, 0.2) is 0 Å². The van der Waals surface area contributed by atoms with Crippen molar-refractivity contribution in [1.82, 2.24) is 5.43 Å². The summed E-state index contributed by atoms with van der Waals surface area (Å²) in [5.41, 5.74) is 2.49. The summed E-state index contributed by atoms with van der Waals surface area (Å²) in [4.78, 5) is 0. The van der Waals surface area contributed by atoms with Crippen LogP contribution in [0, 0.1) is 0 Å². The molecule has 0 atom stereocenters. The van der Waals surface area contributed by atoms with Crippen LogP contribution >= 0.6 is 0 Å². The summed E-state index contributed by atoms with van der Waals surface area (Å²) in [6.07, 6.45) is 0. The number of hydrogen-bond donors (Lipinski definition) is 2. The van der Waals surface area contributed by atoms with Crippen LogP contribution in [-0.4, -0.2) is 12.1 Å². The molecule has 13 heavy (non-hydrogen) atoms. The second-order valence-electron chi connectivity index (χ2n) is 3.63. The molecule has 0 aliphatic carbocycles. The average molecular weight is 180 g/mol. The molecular weight excluding hydrogens is 164 g/mol. The van der Waals surface area contributed by atoms with E-state index >= 15 is 0 Å². The molecule has 0 spiro atoms. The fourth-order valence-corrected chi connectivity index (χ4v) is 0.822. The molecule has 0 aliphatic heterocycles. The van der Waals surface area contributed by atoms with Crippen molar-refractivity contribution in [2.45, 2.75) is 19.4 Å². The Hall–Kier alpha value is -1.06. The Bertz CT molecular complexity index is 246. The van der Waals surface area contributed by atoms with E-state index in [9.17, 15) is 0 Å². The first-order valence-corrected chi connectivity index (χ1v) is 4.30. The summed E-state index contributed by atoms with van der Waals surface area (Å²) >= 11 is 0. The van der Waals surface area contributed by atoms with Gasteiger partial charge >= 0.3 is 0 Å². The van der Waals surface area contributed by atoms with Crippen molar-refractivity contribution in [3.63, 3.8) is 0 Å². The number of ether oxygens (including phenoxy) is 1. The van der Waals surface area contributed by atoms with Crippen LogP contribution in [0.2, 0.25) is 0 Å². The van der Waals surface area contributed by atoms with E-state index in [1.165, 1.54) is 0 Å². The van der Waals surface area contributed by atoms with Gasteiger partial charge in [-0.25, -0.2) is 0 Å². The van der Waals surface area contributed by atoms with E-state index in [4.69, 9.17) is 10.6 Å². The third kappa shape index (κ3) is 3.44. The Morgan fingerprint density at radius 2 is 1.92 bits per heavy atom. The first-order valence-electron chi connectivity index (χ1n) is 4.30. The summed E-state index contributed by atoms with van der Waals surface area (Å²) in [5, 5.41) is 0. The van der Waals surface area contributed by atoms with Gasteiger partial charge in [0.25, 0.3) is 0 Å². The minimum absolute atomic E-state index is 0.199. The molecule has 72 valence electrons. The summed E-state index contributed by atoms with van der Waals surface area (Å²) in [6, 6.07) is 9.69. The van der Waals surface area contributed by atoms with Gasteiger partial charge in [0.05, 0.1) is 5.54 Å². The van der Waals surface area contributed by atoms with E-state index in [-0.39, 0.29) is 5.54 Å². The highest BCUT2D eigenvalue weighted by Crippen LogP contribution is 2.10. The van der Waals surface area contributed by atoms with Crippen molar-refractivity contribution >= 4 is 0 Å².